The Morgan fingerprint density at radius 2 is 2.23 bits per heavy atom. The zero-order valence-electron chi connectivity index (χ0n) is 6.12. The third kappa shape index (κ3) is 1.65. The minimum Gasteiger partial charge on any atom is -0.258 e. The first-order valence-corrected chi connectivity index (χ1v) is 3.89. The molecule has 0 unspecified atom stereocenters. The third-order valence-electron chi connectivity index (χ3n) is 1.38. The van der Waals surface area contributed by atoms with E-state index in [4.69, 9.17) is 5.26 Å². The van der Waals surface area contributed by atoms with Gasteiger partial charge in [0.05, 0.1) is 15.0 Å². The summed E-state index contributed by atoms with van der Waals surface area (Å²) in [5.74, 6) is -1.02. The van der Waals surface area contributed by atoms with Crippen molar-refractivity contribution in [3.63, 3.8) is 0 Å². The molecule has 0 N–H and O–H groups in total. The van der Waals surface area contributed by atoms with Crippen LogP contribution in [0.15, 0.2) is 16.6 Å². The molecule has 4 nitrogen and oxygen atoms in total. The van der Waals surface area contributed by atoms with Gasteiger partial charge in [0.15, 0.2) is 0 Å². The van der Waals surface area contributed by atoms with Gasteiger partial charge in [0, 0.05) is 6.07 Å². The van der Waals surface area contributed by atoms with E-state index in [0.717, 1.165) is 6.07 Å². The Morgan fingerprint density at radius 1 is 1.62 bits per heavy atom. The number of nitriles is 1. The number of hydrogen-bond acceptors (Lipinski definition) is 3. The number of halogens is 2. The van der Waals surface area contributed by atoms with E-state index in [0.29, 0.717) is 0 Å². The number of hydrogen-bond donors (Lipinski definition) is 0. The average Bonchev–Trinajstić information content (AvgIpc) is 2.09. The van der Waals surface area contributed by atoms with Gasteiger partial charge in [0.1, 0.15) is 6.07 Å². The van der Waals surface area contributed by atoms with Crippen LogP contribution in [0.5, 0.6) is 0 Å². The van der Waals surface area contributed by atoms with Gasteiger partial charge >= 0.3 is 5.69 Å². The lowest BCUT2D eigenvalue weighted by atomic mass is 10.2. The van der Waals surface area contributed by atoms with Crippen molar-refractivity contribution in [1.82, 2.24) is 0 Å². The zero-order chi connectivity index (χ0) is 10.0. The van der Waals surface area contributed by atoms with Crippen LogP contribution < -0.4 is 0 Å². The average molecular weight is 245 g/mol. The largest absolute Gasteiger partial charge is 0.306 e. The number of nitro benzene ring substituents is 1. The second kappa shape index (κ2) is 3.49. The monoisotopic (exact) mass is 244 g/mol. The molecule has 1 rings (SSSR count). The molecule has 0 heterocycles. The van der Waals surface area contributed by atoms with E-state index >= 15 is 0 Å². The molecule has 0 saturated carbocycles. The summed E-state index contributed by atoms with van der Waals surface area (Å²) >= 11 is 2.76. The molecule has 0 radical (unpaired) electrons. The molecule has 0 aliphatic carbocycles. The first kappa shape index (κ1) is 9.61. The van der Waals surface area contributed by atoms with Gasteiger partial charge in [-0.15, -0.1) is 0 Å². The highest BCUT2D eigenvalue weighted by atomic mass is 79.9. The van der Waals surface area contributed by atoms with Crippen molar-refractivity contribution in [2.24, 2.45) is 0 Å². The normalized spacial score (nSPS) is 9.31. The smallest absolute Gasteiger partial charge is 0.258 e. The Labute approximate surface area is 80.9 Å². The maximum Gasteiger partial charge on any atom is 0.306 e. The fourth-order valence-corrected chi connectivity index (χ4v) is 1.19. The van der Waals surface area contributed by atoms with E-state index in [1.165, 1.54) is 6.07 Å². The molecular weight excluding hydrogens is 243 g/mol. The highest BCUT2D eigenvalue weighted by Gasteiger charge is 2.18. The topological polar surface area (TPSA) is 66.9 Å². The van der Waals surface area contributed by atoms with Crippen molar-refractivity contribution in [2.45, 2.75) is 0 Å². The summed E-state index contributed by atoms with van der Waals surface area (Å²) in [5.41, 5.74) is -0.617. The summed E-state index contributed by atoms with van der Waals surface area (Å²) in [6.45, 7) is 0. The predicted molar refractivity (Wildman–Crippen MR) is 45.5 cm³/mol. The summed E-state index contributed by atoms with van der Waals surface area (Å²) in [6.07, 6.45) is 0. The van der Waals surface area contributed by atoms with Crippen LogP contribution >= 0.6 is 15.9 Å². The molecule has 13 heavy (non-hydrogen) atoms. The van der Waals surface area contributed by atoms with E-state index in [9.17, 15) is 14.5 Å². The second-order valence-electron chi connectivity index (χ2n) is 2.13. The van der Waals surface area contributed by atoms with Gasteiger partial charge in [-0.2, -0.15) is 9.65 Å². The summed E-state index contributed by atoms with van der Waals surface area (Å²) in [5, 5.41) is 18.7. The summed E-state index contributed by atoms with van der Waals surface area (Å²) < 4.78 is 12.9. The molecule has 6 heteroatoms. The fraction of sp³-hybridized carbons (Fsp3) is 0. The van der Waals surface area contributed by atoms with Crippen molar-refractivity contribution >= 4 is 21.6 Å². The Kier molecular flexibility index (Phi) is 2.58. The lowest BCUT2D eigenvalue weighted by molar-refractivity contribution is -0.387. The van der Waals surface area contributed by atoms with Crippen LogP contribution in [0.2, 0.25) is 0 Å². The third-order valence-corrected chi connectivity index (χ3v) is 2.15. The SMILES string of the molecule is N#Cc1ccc([N+](=O)[O-])c(F)c1Br. The molecule has 0 aromatic heterocycles. The standard InChI is InChI=1S/C7H2BrFN2O2/c8-6-4(3-10)1-2-5(7(6)9)11(12)13/h1-2H. The van der Waals surface area contributed by atoms with Crippen molar-refractivity contribution < 1.29 is 9.31 Å². The van der Waals surface area contributed by atoms with Crippen LogP contribution in [-0.2, 0) is 0 Å². The first-order valence-electron chi connectivity index (χ1n) is 3.10. The van der Waals surface area contributed by atoms with Crippen molar-refractivity contribution in [2.75, 3.05) is 0 Å². The van der Waals surface area contributed by atoms with E-state index in [1.807, 2.05) is 0 Å². The maximum absolute atomic E-state index is 13.1. The highest BCUT2D eigenvalue weighted by molar-refractivity contribution is 9.10. The minimum absolute atomic E-state index is 0.0306. The number of nitro groups is 1. The van der Waals surface area contributed by atoms with Crippen molar-refractivity contribution in [3.05, 3.63) is 38.1 Å². The lowest BCUT2D eigenvalue weighted by Crippen LogP contribution is -1.94. The predicted octanol–water partition coefficient (Wildman–Crippen LogP) is 2.37. The van der Waals surface area contributed by atoms with Gasteiger partial charge in [0.25, 0.3) is 0 Å². The van der Waals surface area contributed by atoms with E-state index < -0.39 is 16.4 Å². The number of benzene rings is 1. The lowest BCUT2D eigenvalue weighted by Gasteiger charge is -1.97. The van der Waals surface area contributed by atoms with Crippen LogP contribution in [0.25, 0.3) is 0 Å². The highest BCUT2D eigenvalue weighted by Crippen LogP contribution is 2.27. The van der Waals surface area contributed by atoms with Crippen LogP contribution in [0, 0.1) is 27.3 Å². The molecule has 1 aromatic carbocycles. The quantitative estimate of drug-likeness (QED) is 0.563. The van der Waals surface area contributed by atoms with Gasteiger partial charge in [0.2, 0.25) is 5.82 Å². The summed E-state index contributed by atoms with van der Waals surface area (Å²) in [7, 11) is 0. The molecule has 0 aliphatic rings. The molecule has 0 amide bonds. The first-order chi connectivity index (χ1) is 6.07. The molecule has 66 valence electrons. The molecule has 1 aromatic rings. The van der Waals surface area contributed by atoms with Gasteiger partial charge in [-0.1, -0.05) is 0 Å². The molecule has 0 fully saturated rings. The van der Waals surface area contributed by atoms with Crippen LogP contribution in [0.1, 0.15) is 5.56 Å². The number of nitrogens with zero attached hydrogens (tertiary/aromatic N) is 2. The number of rotatable bonds is 1. The molecular formula is C7H2BrFN2O2. The van der Waals surface area contributed by atoms with E-state index in [1.54, 1.807) is 6.07 Å². The minimum atomic E-state index is -1.02. The molecule has 0 saturated heterocycles. The van der Waals surface area contributed by atoms with E-state index in [-0.39, 0.29) is 10.0 Å². The molecule has 0 spiro atoms. The van der Waals surface area contributed by atoms with Gasteiger partial charge in [-0.25, -0.2) is 0 Å². The Morgan fingerprint density at radius 3 is 2.69 bits per heavy atom. The fourth-order valence-electron chi connectivity index (χ4n) is 0.767. The van der Waals surface area contributed by atoms with Gasteiger partial charge in [-0.3, -0.25) is 10.1 Å². The molecule has 0 aliphatic heterocycles. The van der Waals surface area contributed by atoms with Crippen LogP contribution in [0.4, 0.5) is 10.1 Å². The van der Waals surface area contributed by atoms with Crippen LogP contribution in [-0.4, -0.2) is 4.92 Å². The van der Waals surface area contributed by atoms with Crippen molar-refractivity contribution in [1.29, 1.82) is 5.26 Å². The second-order valence-corrected chi connectivity index (χ2v) is 2.92. The maximum atomic E-state index is 13.1. The van der Waals surface area contributed by atoms with E-state index in [2.05, 4.69) is 15.9 Å². The van der Waals surface area contributed by atoms with Crippen molar-refractivity contribution in [3.8, 4) is 6.07 Å². The molecule has 0 atom stereocenters. The summed E-state index contributed by atoms with van der Waals surface area (Å²) in [4.78, 5) is 9.39. The Bertz CT molecular complexity index is 414. The Balaban J connectivity index is 3.42. The summed E-state index contributed by atoms with van der Waals surface area (Å²) in [6, 6.07) is 3.84. The zero-order valence-corrected chi connectivity index (χ0v) is 7.71. The van der Waals surface area contributed by atoms with Gasteiger partial charge in [-0.05, 0) is 22.0 Å². The van der Waals surface area contributed by atoms with Crippen LogP contribution in [0.3, 0.4) is 0 Å². The van der Waals surface area contributed by atoms with Gasteiger partial charge < -0.3 is 0 Å². The molecule has 0 bridgehead atoms. The Hall–Kier alpha value is -1.48.